The normalized spacial score (nSPS) is 10.6. The van der Waals surface area contributed by atoms with Crippen molar-refractivity contribution in [2.45, 2.75) is 6.92 Å². The van der Waals surface area contributed by atoms with Crippen molar-refractivity contribution in [1.82, 2.24) is 15.2 Å². The van der Waals surface area contributed by atoms with Crippen LogP contribution in [0.4, 0.5) is 10.8 Å². The standard InChI is InChI=1S/C19H15N5O2S2/c1-11-12(17(25)23-19-20-7-9-28-19)4-2-5-14(11)22-18(26)13-10-21-24-16(13)15-6-3-8-27-15/h2-10H,1H3,(H,21,24)(H,22,26)(H,20,23,25). The van der Waals surface area contributed by atoms with Gasteiger partial charge in [-0.25, -0.2) is 4.98 Å². The fraction of sp³-hybridized carbons (Fsp3) is 0.0526. The van der Waals surface area contributed by atoms with E-state index in [1.807, 2.05) is 17.5 Å². The summed E-state index contributed by atoms with van der Waals surface area (Å²) in [4.78, 5) is 30.3. The topological polar surface area (TPSA) is 99.8 Å². The molecule has 0 aliphatic rings. The lowest BCUT2D eigenvalue weighted by molar-refractivity contribution is 0.101. The summed E-state index contributed by atoms with van der Waals surface area (Å²) < 4.78 is 0. The number of nitrogens with one attached hydrogen (secondary N) is 3. The second-order valence-corrected chi connectivity index (χ2v) is 7.70. The molecule has 9 heteroatoms. The number of amides is 2. The molecule has 0 unspecified atom stereocenters. The highest BCUT2D eigenvalue weighted by Gasteiger charge is 2.18. The van der Waals surface area contributed by atoms with Crippen LogP contribution in [0.15, 0.2) is 53.5 Å². The molecule has 0 atom stereocenters. The predicted molar refractivity (Wildman–Crippen MR) is 111 cm³/mol. The third-order valence-electron chi connectivity index (χ3n) is 4.13. The van der Waals surface area contributed by atoms with Gasteiger partial charge in [0.1, 0.15) is 0 Å². The Hall–Kier alpha value is -3.30. The zero-order valence-corrected chi connectivity index (χ0v) is 16.4. The van der Waals surface area contributed by atoms with E-state index in [2.05, 4.69) is 25.8 Å². The maximum atomic E-state index is 12.8. The van der Waals surface area contributed by atoms with Crippen molar-refractivity contribution < 1.29 is 9.59 Å². The second-order valence-electron chi connectivity index (χ2n) is 5.86. The quantitative estimate of drug-likeness (QED) is 0.455. The molecule has 0 spiro atoms. The number of anilines is 2. The molecule has 7 nitrogen and oxygen atoms in total. The first-order valence-corrected chi connectivity index (χ1v) is 10.1. The van der Waals surface area contributed by atoms with Gasteiger partial charge in [0.05, 0.1) is 22.3 Å². The van der Waals surface area contributed by atoms with E-state index in [0.717, 1.165) is 4.88 Å². The van der Waals surface area contributed by atoms with Crippen LogP contribution < -0.4 is 10.6 Å². The molecule has 3 N–H and O–H groups in total. The van der Waals surface area contributed by atoms with Gasteiger partial charge in [0.15, 0.2) is 5.13 Å². The minimum Gasteiger partial charge on any atom is -0.322 e. The summed E-state index contributed by atoms with van der Waals surface area (Å²) in [6.07, 6.45) is 3.12. The van der Waals surface area contributed by atoms with Crippen LogP contribution in [-0.2, 0) is 0 Å². The van der Waals surface area contributed by atoms with Gasteiger partial charge >= 0.3 is 0 Å². The molecule has 0 aliphatic heterocycles. The van der Waals surface area contributed by atoms with Crippen molar-refractivity contribution in [3.63, 3.8) is 0 Å². The molecule has 0 saturated carbocycles. The van der Waals surface area contributed by atoms with E-state index in [1.165, 1.54) is 28.9 Å². The maximum absolute atomic E-state index is 12.8. The van der Waals surface area contributed by atoms with Crippen molar-refractivity contribution in [1.29, 1.82) is 0 Å². The summed E-state index contributed by atoms with van der Waals surface area (Å²) in [5.41, 5.74) is 2.82. The molecule has 2 amide bonds. The Bertz CT molecular complexity index is 1120. The van der Waals surface area contributed by atoms with Crippen LogP contribution >= 0.6 is 22.7 Å². The van der Waals surface area contributed by atoms with E-state index >= 15 is 0 Å². The zero-order chi connectivity index (χ0) is 19.5. The number of hydrogen-bond donors (Lipinski definition) is 3. The Morgan fingerprint density at radius 2 is 1.86 bits per heavy atom. The van der Waals surface area contributed by atoms with E-state index in [-0.39, 0.29) is 11.8 Å². The van der Waals surface area contributed by atoms with Crippen molar-refractivity contribution >= 4 is 45.3 Å². The maximum Gasteiger partial charge on any atom is 0.259 e. The molecule has 0 bridgehead atoms. The van der Waals surface area contributed by atoms with Gasteiger partial charge in [-0.15, -0.1) is 22.7 Å². The number of nitrogens with zero attached hydrogens (tertiary/aromatic N) is 2. The molecule has 0 aliphatic carbocycles. The van der Waals surface area contributed by atoms with E-state index in [0.29, 0.717) is 33.2 Å². The molecule has 0 fully saturated rings. The molecular formula is C19H15N5O2S2. The monoisotopic (exact) mass is 409 g/mol. The molecule has 3 heterocycles. The summed E-state index contributed by atoms with van der Waals surface area (Å²) >= 11 is 2.86. The Labute approximate surface area is 168 Å². The van der Waals surface area contributed by atoms with Crippen molar-refractivity contribution in [2.75, 3.05) is 10.6 Å². The van der Waals surface area contributed by atoms with Crippen LogP contribution in [0.2, 0.25) is 0 Å². The number of carbonyl (C=O) groups is 2. The minimum absolute atomic E-state index is 0.272. The van der Waals surface area contributed by atoms with Gasteiger partial charge in [0.25, 0.3) is 11.8 Å². The number of carbonyl (C=O) groups excluding carboxylic acids is 2. The summed E-state index contributed by atoms with van der Waals surface area (Å²) in [5.74, 6) is -0.566. The first-order valence-electron chi connectivity index (χ1n) is 8.32. The van der Waals surface area contributed by atoms with Crippen molar-refractivity contribution in [2.24, 2.45) is 0 Å². The van der Waals surface area contributed by atoms with E-state index in [4.69, 9.17) is 0 Å². The Balaban J connectivity index is 1.57. The number of rotatable bonds is 5. The lowest BCUT2D eigenvalue weighted by Gasteiger charge is -2.12. The van der Waals surface area contributed by atoms with Crippen LogP contribution in [-0.4, -0.2) is 27.0 Å². The van der Waals surface area contributed by atoms with Gasteiger partial charge < -0.3 is 5.32 Å². The summed E-state index contributed by atoms with van der Waals surface area (Å²) in [7, 11) is 0. The molecule has 0 radical (unpaired) electrons. The van der Waals surface area contributed by atoms with Gasteiger partial charge in [-0.3, -0.25) is 20.0 Å². The highest BCUT2D eigenvalue weighted by molar-refractivity contribution is 7.14. The Morgan fingerprint density at radius 3 is 2.61 bits per heavy atom. The molecule has 4 rings (SSSR count). The highest BCUT2D eigenvalue weighted by atomic mass is 32.1. The van der Waals surface area contributed by atoms with Gasteiger partial charge in [-0.1, -0.05) is 12.1 Å². The smallest absolute Gasteiger partial charge is 0.259 e. The van der Waals surface area contributed by atoms with E-state index in [9.17, 15) is 9.59 Å². The minimum atomic E-state index is -0.294. The second kappa shape index (κ2) is 7.75. The number of benzene rings is 1. The molecule has 28 heavy (non-hydrogen) atoms. The van der Waals surface area contributed by atoms with E-state index < -0.39 is 0 Å². The molecular weight excluding hydrogens is 394 g/mol. The molecule has 4 aromatic rings. The van der Waals surface area contributed by atoms with E-state index in [1.54, 1.807) is 36.7 Å². The molecule has 140 valence electrons. The first-order chi connectivity index (χ1) is 13.6. The largest absolute Gasteiger partial charge is 0.322 e. The lowest BCUT2D eigenvalue weighted by Crippen LogP contribution is -2.17. The molecule has 3 aromatic heterocycles. The number of H-pyrrole nitrogens is 1. The number of hydrogen-bond acceptors (Lipinski definition) is 6. The average Bonchev–Trinajstić information content (AvgIpc) is 3.44. The molecule has 0 saturated heterocycles. The van der Waals surface area contributed by atoms with Crippen molar-refractivity contribution in [3.8, 4) is 10.6 Å². The van der Waals surface area contributed by atoms with Gasteiger partial charge in [-0.2, -0.15) is 5.10 Å². The Kier molecular flexibility index (Phi) is 5.00. The van der Waals surface area contributed by atoms with Crippen LogP contribution in [0.3, 0.4) is 0 Å². The third-order valence-corrected chi connectivity index (χ3v) is 5.71. The number of aromatic amines is 1. The predicted octanol–water partition coefficient (Wildman–Crippen LogP) is 4.41. The van der Waals surface area contributed by atoms with Gasteiger partial charge in [-0.05, 0) is 36.1 Å². The fourth-order valence-corrected chi connectivity index (χ4v) is 3.98. The summed E-state index contributed by atoms with van der Waals surface area (Å²) in [5, 5.41) is 16.8. The fourth-order valence-electron chi connectivity index (χ4n) is 2.72. The van der Waals surface area contributed by atoms with Crippen LogP contribution in [0.1, 0.15) is 26.3 Å². The third kappa shape index (κ3) is 3.57. The van der Waals surface area contributed by atoms with Crippen molar-refractivity contribution in [3.05, 3.63) is 70.2 Å². The van der Waals surface area contributed by atoms with Gasteiger partial charge in [0, 0.05) is 22.8 Å². The SMILES string of the molecule is Cc1c(NC(=O)c2cn[nH]c2-c2cccs2)cccc1C(=O)Nc1nccs1. The van der Waals surface area contributed by atoms with Crippen LogP contribution in [0.5, 0.6) is 0 Å². The summed E-state index contributed by atoms with van der Waals surface area (Å²) in [6, 6.07) is 9.04. The zero-order valence-electron chi connectivity index (χ0n) is 14.7. The lowest BCUT2D eigenvalue weighted by atomic mass is 10.1. The van der Waals surface area contributed by atoms with Gasteiger partial charge in [0.2, 0.25) is 0 Å². The highest BCUT2D eigenvalue weighted by Crippen LogP contribution is 2.27. The summed E-state index contributed by atoms with van der Waals surface area (Å²) in [6.45, 7) is 1.79. The number of thiophene rings is 1. The first kappa shape index (κ1) is 18.1. The number of aromatic nitrogens is 3. The molecule has 1 aromatic carbocycles. The number of thiazole rings is 1. The average molecular weight is 409 g/mol. The van der Waals surface area contributed by atoms with Crippen LogP contribution in [0, 0.1) is 6.92 Å². The Morgan fingerprint density at radius 1 is 1.00 bits per heavy atom. The van der Waals surface area contributed by atoms with Crippen LogP contribution in [0.25, 0.3) is 10.6 Å².